The minimum absolute atomic E-state index is 0.291. The molecule has 256 valence electrons. The number of nitrogens with one attached hydrogen (secondary N) is 3. The largest absolute Gasteiger partial charge is 0.417 e. The molecule has 5 saturated carbocycles. The molecule has 0 spiro atoms. The van der Waals surface area contributed by atoms with Gasteiger partial charge in [-0.05, 0) is 135 Å². The summed E-state index contributed by atoms with van der Waals surface area (Å²) in [4.78, 5) is 10.5. The zero-order valence-corrected chi connectivity index (χ0v) is 31.5. The lowest BCUT2D eigenvalue weighted by Crippen LogP contribution is -2.60. The van der Waals surface area contributed by atoms with Crippen LogP contribution in [0.15, 0.2) is 35.4 Å². The number of aromatic nitrogens is 2. The summed E-state index contributed by atoms with van der Waals surface area (Å²) in [5, 5.41) is 21.4. The predicted molar refractivity (Wildman–Crippen MR) is 197 cm³/mol. The second kappa shape index (κ2) is 14.4. The van der Waals surface area contributed by atoms with E-state index < -0.39 is 8.32 Å². The van der Waals surface area contributed by atoms with Crippen molar-refractivity contribution in [2.45, 2.75) is 114 Å². The van der Waals surface area contributed by atoms with E-state index in [4.69, 9.17) is 9.41 Å². The van der Waals surface area contributed by atoms with Gasteiger partial charge >= 0.3 is 0 Å². The normalized spacial score (nSPS) is 30.2. The van der Waals surface area contributed by atoms with Gasteiger partial charge in [-0.1, -0.05) is 39.0 Å². The fourth-order valence-electron chi connectivity index (χ4n) is 9.17. The highest BCUT2D eigenvalue weighted by atomic mass is 32.2. The van der Waals surface area contributed by atoms with Crippen LogP contribution >= 0.6 is 11.8 Å². The minimum Gasteiger partial charge on any atom is -0.417 e. The SMILES string of the molecule is CSc1ccccc1CNc1ncc(C#N)c(NC[C@]23CC4C[C@H](C2)[C@@H](NC[C@H]2CC[C@H](CO[Si](C)(C)C(C)(C)C)CC2)[C@@H](C4)C3)n1. The zero-order valence-electron chi connectivity index (χ0n) is 29.7. The van der Waals surface area contributed by atoms with E-state index in [1.807, 2.05) is 0 Å². The molecule has 5 aliphatic rings. The summed E-state index contributed by atoms with van der Waals surface area (Å²) in [7, 11) is -1.66. The van der Waals surface area contributed by atoms with Crippen LogP contribution in [0.1, 0.15) is 89.7 Å². The average Bonchev–Trinajstić information content (AvgIpc) is 3.05. The quantitative estimate of drug-likeness (QED) is 0.144. The summed E-state index contributed by atoms with van der Waals surface area (Å²) >= 11 is 1.74. The lowest BCUT2D eigenvalue weighted by atomic mass is 9.48. The maximum absolute atomic E-state index is 9.84. The second-order valence-corrected chi connectivity index (χ2v) is 22.6. The highest BCUT2D eigenvalue weighted by molar-refractivity contribution is 7.98. The first kappa shape index (κ1) is 34.7. The third-order valence-corrected chi connectivity index (χ3v) is 18.0. The Kier molecular flexibility index (Phi) is 10.6. The molecule has 5 atom stereocenters. The van der Waals surface area contributed by atoms with E-state index in [2.05, 4.69) is 91.4 Å². The van der Waals surface area contributed by atoms with Crippen LogP contribution in [0.4, 0.5) is 11.8 Å². The van der Waals surface area contributed by atoms with Crippen LogP contribution in [-0.4, -0.2) is 50.3 Å². The van der Waals surface area contributed by atoms with Crippen molar-refractivity contribution >= 4 is 31.8 Å². The summed E-state index contributed by atoms with van der Waals surface area (Å²) in [6.45, 7) is 15.5. The van der Waals surface area contributed by atoms with Gasteiger partial charge in [-0.15, -0.1) is 11.8 Å². The molecule has 5 fully saturated rings. The Morgan fingerprint density at radius 1 is 1.02 bits per heavy atom. The number of hydrogen-bond acceptors (Lipinski definition) is 8. The molecule has 0 saturated heterocycles. The van der Waals surface area contributed by atoms with Crippen LogP contribution in [0.5, 0.6) is 0 Å². The molecular weight excluding hydrogens is 617 g/mol. The lowest BCUT2D eigenvalue weighted by molar-refractivity contribution is -0.0703. The lowest BCUT2D eigenvalue weighted by Gasteiger charge is -2.60. The van der Waals surface area contributed by atoms with Gasteiger partial charge in [-0.25, -0.2) is 4.98 Å². The molecular formula is C38H58N6OSSi. The molecule has 4 bridgehead atoms. The van der Waals surface area contributed by atoms with Crippen LogP contribution in [0.2, 0.25) is 18.1 Å². The van der Waals surface area contributed by atoms with Gasteiger partial charge in [-0.3, -0.25) is 0 Å². The number of benzene rings is 1. The van der Waals surface area contributed by atoms with E-state index in [-0.39, 0.29) is 0 Å². The summed E-state index contributed by atoms with van der Waals surface area (Å²) in [5.41, 5.74) is 2.04. The third kappa shape index (κ3) is 8.03. The Labute approximate surface area is 289 Å². The van der Waals surface area contributed by atoms with Gasteiger partial charge in [0.2, 0.25) is 5.95 Å². The van der Waals surface area contributed by atoms with Crippen molar-refractivity contribution < 1.29 is 4.43 Å². The molecule has 0 radical (unpaired) electrons. The van der Waals surface area contributed by atoms with Crippen molar-refractivity contribution in [3.8, 4) is 6.07 Å². The molecule has 47 heavy (non-hydrogen) atoms. The highest BCUT2D eigenvalue weighted by Crippen LogP contribution is 2.60. The summed E-state index contributed by atoms with van der Waals surface area (Å²) in [6.07, 6.45) is 15.7. The smallest absolute Gasteiger partial charge is 0.224 e. The van der Waals surface area contributed by atoms with E-state index in [0.717, 1.165) is 42.7 Å². The fourth-order valence-corrected chi connectivity index (χ4v) is 10.9. The molecule has 5 aliphatic carbocycles. The number of rotatable bonds is 13. The van der Waals surface area contributed by atoms with Gasteiger partial charge in [0.25, 0.3) is 0 Å². The minimum atomic E-state index is -1.66. The van der Waals surface area contributed by atoms with E-state index in [9.17, 15) is 5.26 Å². The van der Waals surface area contributed by atoms with Crippen molar-refractivity contribution in [1.29, 1.82) is 5.26 Å². The molecule has 7 nitrogen and oxygen atoms in total. The van der Waals surface area contributed by atoms with Gasteiger partial charge in [0.1, 0.15) is 17.5 Å². The molecule has 1 aromatic heterocycles. The summed E-state index contributed by atoms with van der Waals surface area (Å²) in [5.74, 6) is 5.17. The van der Waals surface area contributed by atoms with Crippen LogP contribution in [0.25, 0.3) is 0 Å². The van der Waals surface area contributed by atoms with E-state index >= 15 is 0 Å². The Balaban J connectivity index is 0.995. The number of nitriles is 1. The maximum Gasteiger partial charge on any atom is 0.224 e. The first-order chi connectivity index (χ1) is 22.5. The molecule has 3 N–H and O–H groups in total. The monoisotopic (exact) mass is 674 g/mol. The Bertz CT molecular complexity index is 1400. The van der Waals surface area contributed by atoms with Gasteiger partial charge in [0, 0.05) is 30.6 Å². The fraction of sp³-hybridized carbons (Fsp3) is 0.711. The van der Waals surface area contributed by atoms with Gasteiger partial charge in [0.05, 0.1) is 6.20 Å². The van der Waals surface area contributed by atoms with Crippen LogP contribution in [0.3, 0.4) is 0 Å². The van der Waals surface area contributed by atoms with Gasteiger partial charge in [0.15, 0.2) is 8.32 Å². The topological polar surface area (TPSA) is 94.9 Å². The first-order valence-corrected chi connectivity index (χ1v) is 22.3. The van der Waals surface area contributed by atoms with E-state index in [1.165, 1.54) is 74.8 Å². The molecule has 1 heterocycles. The zero-order chi connectivity index (χ0) is 33.2. The van der Waals surface area contributed by atoms with Crippen LogP contribution < -0.4 is 16.0 Å². The Morgan fingerprint density at radius 3 is 2.40 bits per heavy atom. The van der Waals surface area contributed by atoms with E-state index in [1.54, 1.807) is 18.0 Å². The predicted octanol–water partition coefficient (Wildman–Crippen LogP) is 8.71. The molecule has 9 heteroatoms. The molecule has 2 aromatic rings. The van der Waals surface area contributed by atoms with Crippen molar-refractivity contribution in [2.75, 3.05) is 36.6 Å². The highest BCUT2D eigenvalue weighted by Gasteiger charge is 2.55. The standard InChI is InChI=1S/C38H58N6OSSi/c1-37(2,3)47(5,6)45-24-27-13-11-26(12-14-27)21-40-34-30-15-28-16-31(34)19-38(17-28,18-30)25-43-35-32(20-39)23-42-36(44-35)41-22-29-9-7-8-10-33(29)46-4/h7-10,23,26-28,30-31,34,40H,11-19,21-22,24-25H2,1-6H3,(H2,41,42,43,44)/t26-,27-,28?,30-,31+,34-,38-. The first-order valence-electron chi connectivity index (χ1n) is 18.2. The summed E-state index contributed by atoms with van der Waals surface area (Å²) < 4.78 is 6.59. The van der Waals surface area contributed by atoms with Crippen molar-refractivity contribution in [1.82, 2.24) is 15.3 Å². The molecule has 1 unspecified atom stereocenters. The Morgan fingerprint density at radius 2 is 1.72 bits per heavy atom. The van der Waals surface area contributed by atoms with Gasteiger partial charge < -0.3 is 20.4 Å². The second-order valence-electron chi connectivity index (χ2n) is 16.9. The maximum atomic E-state index is 9.84. The number of nitrogens with zero attached hydrogens (tertiary/aromatic N) is 3. The van der Waals surface area contributed by atoms with Crippen molar-refractivity contribution in [3.05, 3.63) is 41.6 Å². The van der Waals surface area contributed by atoms with Gasteiger partial charge in [-0.2, -0.15) is 10.2 Å². The van der Waals surface area contributed by atoms with Crippen molar-refractivity contribution in [3.63, 3.8) is 0 Å². The van der Waals surface area contributed by atoms with Crippen LogP contribution in [-0.2, 0) is 11.0 Å². The average molecular weight is 675 g/mol. The van der Waals surface area contributed by atoms with Crippen molar-refractivity contribution in [2.24, 2.45) is 35.0 Å². The van der Waals surface area contributed by atoms with Crippen LogP contribution in [0, 0.1) is 46.3 Å². The molecule has 0 amide bonds. The number of anilines is 2. The summed E-state index contributed by atoms with van der Waals surface area (Å²) in [6, 6.07) is 11.4. The number of thioether (sulfide) groups is 1. The van der Waals surface area contributed by atoms with E-state index in [0.29, 0.717) is 40.4 Å². The third-order valence-electron chi connectivity index (χ3n) is 12.7. The molecule has 7 rings (SSSR count). The Hall–Kier alpha value is -2.12. The molecule has 0 aliphatic heterocycles. The molecule has 1 aromatic carbocycles. The number of hydrogen-bond donors (Lipinski definition) is 3.